The number of nitrogens with one attached hydrogen (secondary N) is 1. The van der Waals surface area contributed by atoms with E-state index in [4.69, 9.17) is 4.74 Å². The van der Waals surface area contributed by atoms with Crippen LogP contribution in [-0.4, -0.2) is 48.3 Å². The zero-order valence-electron chi connectivity index (χ0n) is 14.4. The van der Waals surface area contributed by atoms with Crippen LogP contribution in [-0.2, 0) is 4.74 Å². The first-order valence-electron chi connectivity index (χ1n) is 8.20. The van der Waals surface area contributed by atoms with Crippen LogP contribution in [0.1, 0.15) is 37.6 Å². The number of anilines is 1. The summed E-state index contributed by atoms with van der Waals surface area (Å²) in [5.41, 5.74) is 0.985. The number of fused-ring (bicyclic) bond motifs is 3. The second-order valence-corrected chi connectivity index (χ2v) is 8.99. The SMILES string of the molecule is CC(C)(C)OC(=O)N1CCC2NC(=O)c3c(Br)cc(Br)cc3N2CC1. The molecule has 2 heterocycles. The molecule has 2 aliphatic heterocycles. The average molecular weight is 475 g/mol. The van der Waals surface area contributed by atoms with E-state index < -0.39 is 5.60 Å². The number of hydrogen-bond acceptors (Lipinski definition) is 4. The second-order valence-electron chi connectivity index (χ2n) is 7.22. The zero-order valence-corrected chi connectivity index (χ0v) is 17.6. The number of halogens is 2. The lowest BCUT2D eigenvalue weighted by Gasteiger charge is -2.38. The fourth-order valence-corrected chi connectivity index (χ4v) is 4.50. The van der Waals surface area contributed by atoms with Gasteiger partial charge in [0.25, 0.3) is 5.91 Å². The summed E-state index contributed by atoms with van der Waals surface area (Å²) in [5, 5.41) is 3.05. The highest BCUT2D eigenvalue weighted by molar-refractivity contribution is 9.11. The number of carbonyl (C=O) groups excluding carboxylic acids is 2. The molecule has 1 saturated heterocycles. The fourth-order valence-electron chi connectivity index (χ4n) is 3.11. The minimum absolute atomic E-state index is 0.0960. The number of benzene rings is 1. The predicted octanol–water partition coefficient (Wildman–Crippen LogP) is 3.73. The van der Waals surface area contributed by atoms with Crippen molar-refractivity contribution in [3.63, 3.8) is 0 Å². The molecule has 25 heavy (non-hydrogen) atoms. The van der Waals surface area contributed by atoms with Crippen molar-refractivity contribution in [1.29, 1.82) is 0 Å². The molecule has 6 nitrogen and oxygen atoms in total. The fraction of sp³-hybridized carbons (Fsp3) is 0.529. The van der Waals surface area contributed by atoms with Crippen LogP contribution < -0.4 is 10.2 Å². The van der Waals surface area contributed by atoms with Gasteiger partial charge in [0.2, 0.25) is 0 Å². The third kappa shape index (κ3) is 3.95. The second kappa shape index (κ2) is 6.79. The third-order valence-corrected chi connectivity index (χ3v) is 5.26. The molecule has 0 spiro atoms. The molecule has 2 amide bonds. The van der Waals surface area contributed by atoms with E-state index in [1.54, 1.807) is 4.90 Å². The van der Waals surface area contributed by atoms with Crippen molar-refractivity contribution in [2.45, 2.75) is 39.0 Å². The monoisotopic (exact) mass is 473 g/mol. The zero-order chi connectivity index (χ0) is 18.4. The lowest BCUT2D eigenvalue weighted by atomic mass is 10.1. The molecule has 1 fully saturated rings. The molecule has 1 N–H and O–H groups in total. The van der Waals surface area contributed by atoms with Gasteiger partial charge in [-0.05, 0) is 48.8 Å². The van der Waals surface area contributed by atoms with E-state index in [9.17, 15) is 9.59 Å². The van der Waals surface area contributed by atoms with Gasteiger partial charge in [0.05, 0.1) is 11.3 Å². The van der Waals surface area contributed by atoms with Crippen molar-refractivity contribution >= 4 is 49.5 Å². The lowest BCUT2D eigenvalue weighted by Crippen LogP contribution is -2.53. The molecule has 3 rings (SSSR count). The Hall–Kier alpha value is -1.28. The summed E-state index contributed by atoms with van der Waals surface area (Å²) in [6, 6.07) is 3.82. The number of amides is 2. The summed E-state index contributed by atoms with van der Waals surface area (Å²) >= 11 is 6.97. The van der Waals surface area contributed by atoms with Gasteiger partial charge in [0.1, 0.15) is 11.8 Å². The Labute approximate surface area is 164 Å². The molecular formula is C17H21Br2N3O3. The Morgan fingerprint density at radius 2 is 1.96 bits per heavy atom. The van der Waals surface area contributed by atoms with Crippen LogP contribution >= 0.6 is 31.9 Å². The van der Waals surface area contributed by atoms with Gasteiger partial charge in [0.15, 0.2) is 0 Å². The van der Waals surface area contributed by atoms with Gasteiger partial charge in [-0.2, -0.15) is 0 Å². The Morgan fingerprint density at radius 3 is 2.64 bits per heavy atom. The quantitative estimate of drug-likeness (QED) is 0.622. The van der Waals surface area contributed by atoms with Crippen LogP contribution in [0.15, 0.2) is 21.1 Å². The molecule has 0 aromatic heterocycles. The number of hydrogen-bond donors (Lipinski definition) is 1. The highest BCUT2D eigenvalue weighted by atomic mass is 79.9. The minimum Gasteiger partial charge on any atom is -0.444 e. The molecule has 0 bridgehead atoms. The number of nitrogens with zero attached hydrogens (tertiary/aromatic N) is 2. The van der Waals surface area contributed by atoms with Gasteiger partial charge in [-0.1, -0.05) is 15.9 Å². The molecule has 0 radical (unpaired) electrons. The van der Waals surface area contributed by atoms with Crippen molar-refractivity contribution in [3.8, 4) is 0 Å². The number of rotatable bonds is 0. The summed E-state index contributed by atoms with van der Waals surface area (Å²) in [4.78, 5) is 28.7. The van der Waals surface area contributed by atoms with Crippen LogP contribution in [0.25, 0.3) is 0 Å². The first-order chi connectivity index (χ1) is 11.7. The summed E-state index contributed by atoms with van der Waals surface area (Å²) in [6.07, 6.45) is 0.206. The first-order valence-corrected chi connectivity index (χ1v) is 9.79. The average Bonchev–Trinajstić information content (AvgIpc) is 2.67. The van der Waals surface area contributed by atoms with Crippen LogP contribution in [0.4, 0.5) is 10.5 Å². The Balaban J connectivity index is 1.84. The topological polar surface area (TPSA) is 61.9 Å². The summed E-state index contributed by atoms with van der Waals surface area (Å²) in [7, 11) is 0. The lowest BCUT2D eigenvalue weighted by molar-refractivity contribution is 0.0262. The van der Waals surface area contributed by atoms with Gasteiger partial charge in [-0.3, -0.25) is 4.79 Å². The largest absolute Gasteiger partial charge is 0.444 e. The van der Waals surface area contributed by atoms with E-state index in [0.29, 0.717) is 31.6 Å². The van der Waals surface area contributed by atoms with E-state index in [-0.39, 0.29) is 18.2 Å². The van der Waals surface area contributed by atoms with Gasteiger partial charge >= 0.3 is 6.09 Å². The first kappa shape index (κ1) is 18.5. The molecule has 0 saturated carbocycles. The van der Waals surface area contributed by atoms with E-state index in [0.717, 1.165) is 14.6 Å². The summed E-state index contributed by atoms with van der Waals surface area (Å²) in [6.45, 7) is 7.29. The van der Waals surface area contributed by atoms with Crippen molar-refractivity contribution in [2.24, 2.45) is 0 Å². The molecule has 8 heteroatoms. The van der Waals surface area contributed by atoms with Crippen LogP contribution in [0.2, 0.25) is 0 Å². The highest BCUT2D eigenvalue weighted by Gasteiger charge is 2.36. The Morgan fingerprint density at radius 1 is 1.24 bits per heavy atom. The molecule has 1 aromatic rings. The normalized spacial score (nSPS) is 20.4. The minimum atomic E-state index is -0.521. The van der Waals surface area contributed by atoms with Gasteiger partial charge in [-0.25, -0.2) is 4.79 Å². The van der Waals surface area contributed by atoms with Crippen LogP contribution in [0, 0.1) is 0 Å². The summed E-state index contributed by atoms with van der Waals surface area (Å²) in [5.74, 6) is -0.0960. The third-order valence-electron chi connectivity index (χ3n) is 4.18. The molecule has 136 valence electrons. The smallest absolute Gasteiger partial charge is 0.410 e. The van der Waals surface area contributed by atoms with Crippen LogP contribution in [0.3, 0.4) is 0 Å². The molecule has 1 aromatic carbocycles. The van der Waals surface area contributed by atoms with Gasteiger partial charge < -0.3 is 19.9 Å². The maximum absolute atomic E-state index is 12.5. The Bertz CT molecular complexity index is 718. The van der Waals surface area contributed by atoms with E-state index in [1.807, 2.05) is 32.9 Å². The molecule has 0 aliphatic carbocycles. The van der Waals surface area contributed by atoms with Crippen molar-refractivity contribution < 1.29 is 14.3 Å². The maximum atomic E-state index is 12.5. The van der Waals surface area contributed by atoms with Crippen molar-refractivity contribution in [2.75, 3.05) is 24.5 Å². The maximum Gasteiger partial charge on any atom is 0.410 e. The predicted molar refractivity (Wildman–Crippen MR) is 103 cm³/mol. The van der Waals surface area contributed by atoms with E-state index in [1.165, 1.54) is 0 Å². The van der Waals surface area contributed by atoms with E-state index >= 15 is 0 Å². The van der Waals surface area contributed by atoms with Crippen LogP contribution in [0.5, 0.6) is 0 Å². The molecule has 1 atom stereocenters. The van der Waals surface area contributed by atoms with Crippen molar-refractivity contribution in [3.05, 3.63) is 26.6 Å². The van der Waals surface area contributed by atoms with Gasteiger partial charge in [-0.15, -0.1) is 0 Å². The molecular weight excluding hydrogens is 454 g/mol. The Kier molecular flexibility index (Phi) is 5.03. The number of carbonyl (C=O) groups is 2. The van der Waals surface area contributed by atoms with Gasteiger partial charge in [0, 0.05) is 35.0 Å². The highest BCUT2D eigenvalue weighted by Crippen LogP contribution is 2.36. The summed E-state index contributed by atoms with van der Waals surface area (Å²) < 4.78 is 7.13. The standard InChI is InChI=1S/C17H21Br2N3O3/c1-17(2,3)25-16(24)21-5-4-13-20-15(23)14-11(19)8-10(18)9-12(14)22(13)7-6-21/h8-9,13H,4-7H2,1-3H3,(H,20,23). The van der Waals surface area contributed by atoms with Crippen molar-refractivity contribution in [1.82, 2.24) is 10.2 Å². The molecule has 1 unspecified atom stereocenters. The number of ether oxygens (including phenoxy) is 1. The van der Waals surface area contributed by atoms with E-state index in [2.05, 4.69) is 42.1 Å². The molecule has 2 aliphatic rings.